The van der Waals surface area contributed by atoms with Gasteiger partial charge < -0.3 is 19.2 Å². The van der Waals surface area contributed by atoms with Gasteiger partial charge in [-0.1, -0.05) is 0 Å². The molecule has 0 aliphatic carbocycles. The molecule has 8 heteroatoms. The van der Waals surface area contributed by atoms with E-state index < -0.39 is 10.8 Å². The minimum atomic E-state index is -1.19. The molecule has 0 saturated carbocycles. The van der Waals surface area contributed by atoms with Gasteiger partial charge in [-0.15, -0.1) is 0 Å². The summed E-state index contributed by atoms with van der Waals surface area (Å²) in [6, 6.07) is 7.09. The number of aromatic nitrogens is 2. The molecule has 2 aromatic rings. The molecule has 1 fully saturated rings. The third-order valence-electron chi connectivity index (χ3n) is 5.66. The fourth-order valence-corrected chi connectivity index (χ4v) is 4.40. The number of nitrogens with zero attached hydrogens (tertiary/aromatic N) is 3. The van der Waals surface area contributed by atoms with E-state index in [-0.39, 0.29) is 23.4 Å². The normalized spacial score (nSPS) is 22.4. The van der Waals surface area contributed by atoms with E-state index in [2.05, 4.69) is 4.57 Å². The molecule has 3 unspecified atom stereocenters. The summed E-state index contributed by atoms with van der Waals surface area (Å²) in [5.41, 5.74) is 0.240. The van der Waals surface area contributed by atoms with Gasteiger partial charge >= 0.3 is 5.56 Å². The van der Waals surface area contributed by atoms with E-state index in [1.165, 1.54) is 6.07 Å². The van der Waals surface area contributed by atoms with Crippen molar-refractivity contribution in [2.75, 3.05) is 13.1 Å². The SMILES string of the molecule is O=C(CCCn1cccc1)N1CC2CC(C1)c1ccc([NH+]([O-])O)c(=O)n1C2. The fraction of sp³-hybridized carbons (Fsp3) is 0.474. The molecule has 27 heavy (non-hydrogen) atoms. The summed E-state index contributed by atoms with van der Waals surface area (Å²) in [6.07, 6.45) is 6.25. The molecule has 0 radical (unpaired) electrons. The Balaban J connectivity index is 1.44. The summed E-state index contributed by atoms with van der Waals surface area (Å²) >= 11 is 0. The maximum absolute atomic E-state index is 12.7. The maximum atomic E-state index is 12.7. The van der Waals surface area contributed by atoms with Crippen LogP contribution in [0.25, 0.3) is 0 Å². The first-order valence-corrected chi connectivity index (χ1v) is 9.38. The first-order chi connectivity index (χ1) is 13.0. The highest BCUT2D eigenvalue weighted by Gasteiger charge is 2.36. The zero-order valence-electron chi connectivity index (χ0n) is 15.1. The van der Waals surface area contributed by atoms with Crippen LogP contribution in [-0.2, 0) is 17.9 Å². The zero-order chi connectivity index (χ0) is 19.0. The standard InChI is InChI=1S/C19H24N4O4/c24-18(4-3-9-20-7-1-2-8-20)21-11-14-10-15(13-21)16-5-6-17(23(26)27)19(25)22(16)12-14/h1-2,5-8,14-15,23,26H,3-4,9-13H2. The second-order valence-corrected chi connectivity index (χ2v) is 7.51. The van der Waals surface area contributed by atoms with Gasteiger partial charge in [0.25, 0.3) is 0 Å². The van der Waals surface area contributed by atoms with Gasteiger partial charge in [0.15, 0.2) is 0 Å². The van der Waals surface area contributed by atoms with Crippen molar-refractivity contribution in [1.29, 1.82) is 0 Å². The molecule has 2 N–H and O–H groups in total. The number of nitrogens with one attached hydrogen (secondary N) is 1. The minimum Gasteiger partial charge on any atom is -0.595 e. The predicted octanol–water partition coefficient (Wildman–Crippen LogP) is 0.479. The van der Waals surface area contributed by atoms with Gasteiger partial charge in [0.1, 0.15) is 0 Å². The monoisotopic (exact) mass is 372 g/mol. The second-order valence-electron chi connectivity index (χ2n) is 7.51. The van der Waals surface area contributed by atoms with E-state index in [1.807, 2.05) is 29.4 Å². The number of hydrogen-bond donors (Lipinski definition) is 2. The van der Waals surface area contributed by atoms with E-state index in [0.717, 1.165) is 25.1 Å². The van der Waals surface area contributed by atoms with Crippen molar-refractivity contribution in [2.45, 2.75) is 38.3 Å². The lowest BCUT2D eigenvalue weighted by molar-refractivity contribution is -0.992. The summed E-state index contributed by atoms with van der Waals surface area (Å²) in [5.74, 6) is 0.461. The van der Waals surface area contributed by atoms with Crippen LogP contribution >= 0.6 is 0 Å². The number of hydrogen-bond acceptors (Lipinski definition) is 4. The van der Waals surface area contributed by atoms with Crippen molar-refractivity contribution >= 4 is 11.6 Å². The number of aryl methyl sites for hydroxylation is 1. The first kappa shape index (κ1) is 18.0. The molecule has 2 bridgehead atoms. The van der Waals surface area contributed by atoms with E-state index in [0.29, 0.717) is 26.1 Å². The van der Waals surface area contributed by atoms with Gasteiger partial charge in [0.2, 0.25) is 11.6 Å². The number of carbonyl (C=O) groups excluding carboxylic acids is 1. The predicted molar refractivity (Wildman–Crippen MR) is 97.6 cm³/mol. The van der Waals surface area contributed by atoms with Crippen molar-refractivity contribution in [3.05, 3.63) is 57.9 Å². The maximum Gasteiger partial charge on any atom is 0.315 e. The molecule has 1 saturated heterocycles. The lowest BCUT2D eigenvalue weighted by Crippen LogP contribution is -3.00. The molecule has 2 aromatic heterocycles. The van der Waals surface area contributed by atoms with Gasteiger partial charge in [-0.05, 0) is 37.0 Å². The topological polar surface area (TPSA) is 95.0 Å². The number of piperidine rings is 1. The quantitative estimate of drug-likeness (QED) is 0.747. The molecule has 3 atom stereocenters. The first-order valence-electron chi connectivity index (χ1n) is 9.38. The third-order valence-corrected chi connectivity index (χ3v) is 5.66. The van der Waals surface area contributed by atoms with Gasteiger partial charge in [-0.2, -0.15) is 5.23 Å². The lowest BCUT2D eigenvalue weighted by Gasteiger charge is -2.43. The molecule has 8 nitrogen and oxygen atoms in total. The van der Waals surface area contributed by atoms with Crippen LogP contribution in [0.15, 0.2) is 41.5 Å². The van der Waals surface area contributed by atoms with Crippen LogP contribution in [0.1, 0.15) is 30.9 Å². The largest absolute Gasteiger partial charge is 0.595 e. The molecule has 2 aliphatic heterocycles. The van der Waals surface area contributed by atoms with Gasteiger partial charge in [-0.25, -0.2) is 5.21 Å². The second kappa shape index (κ2) is 7.30. The van der Waals surface area contributed by atoms with E-state index in [9.17, 15) is 14.8 Å². The van der Waals surface area contributed by atoms with Crippen LogP contribution in [0.4, 0.5) is 5.69 Å². The number of fused-ring (bicyclic) bond motifs is 4. The molecular formula is C19H24N4O4. The van der Waals surface area contributed by atoms with Crippen LogP contribution in [0.2, 0.25) is 0 Å². The Morgan fingerprint density at radius 2 is 2.00 bits per heavy atom. The van der Waals surface area contributed by atoms with Crippen LogP contribution in [-0.4, -0.2) is 38.2 Å². The molecule has 4 heterocycles. The number of rotatable bonds is 5. The number of pyridine rings is 1. The van der Waals surface area contributed by atoms with E-state index in [1.54, 1.807) is 10.6 Å². The number of quaternary nitrogens is 1. The molecule has 4 rings (SSSR count). The zero-order valence-corrected chi connectivity index (χ0v) is 15.1. The van der Waals surface area contributed by atoms with Crippen molar-refractivity contribution in [2.24, 2.45) is 5.92 Å². The lowest BCUT2D eigenvalue weighted by atomic mass is 9.83. The number of likely N-dealkylation sites (tertiary alicyclic amines) is 1. The molecule has 0 spiro atoms. The Bertz CT molecular complexity index is 874. The average molecular weight is 372 g/mol. The Labute approximate surface area is 156 Å². The van der Waals surface area contributed by atoms with Crippen LogP contribution in [0.3, 0.4) is 0 Å². The fourth-order valence-electron chi connectivity index (χ4n) is 4.40. The Kier molecular flexibility index (Phi) is 4.86. The van der Waals surface area contributed by atoms with Crippen molar-refractivity contribution in [1.82, 2.24) is 14.0 Å². The summed E-state index contributed by atoms with van der Waals surface area (Å²) in [5, 5.41) is 19.2. The van der Waals surface area contributed by atoms with Crippen molar-refractivity contribution in [3.8, 4) is 0 Å². The number of amides is 1. The summed E-state index contributed by atoms with van der Waals surface area (Å²) in [6.45, 7) is 2.56. The minimum absolute atomic E-state index is 0.0986. The Hall–Kier alpha value is -2.42. The summed E-state index contributed by atoms with van der Waals surface area (Å²) in [7, 11) is 0. The summed E-state index contributed by atoms with van der Waals surface area (Å²) in [4.78, 5) is 27.0. The Morgan fingerprint density at radius 1 is 1.22 bits per heavy atom. The highest BCUT2D eigenvalue weighted by molar-refractivity contribution is 5.76. The van der Waals surface area contributed by atoms with E-state index in [4.69, 9.17) is 5.21 Å². The molecule has 2 aliphatic rings. The Morgan fingerprint density at radius 3 is 2.74 bits per heavy atom. The molecular weight excluding hydrogens is 348 g/mol. The van der Waals surface area contributed by atoms with Crippen LogP contribution in [0, 0.1) is 11.1 Å². The highest BCUT2D eigenvalue weighted by atomic mass is 16.8. The summed E-state index contributed by atoms with van der Waals surface area (Å²) < 4.78 is 3.68. The molecule has 1 amide bonds. The van der Waals surface area contributed by atoms with Gasteiger partial charge in [-0.3, -0.25) is 9.59 Å². The van der Waals surface area contributed by atoms with Crippen LogP contribution < -0.4 is 10.8 Å². The van der Waals surface area contributed by atoms with Crippen molar-refractivity contribution in [3.63, 3.8) is 0 Å². The third kappa shape index (κ3) is 3.55. The van der Waals surface area contributed by atoms with Gasteiger partial charge in [0, 0.05) is 62.7 Å². The molecule has 144 valence electrons. The smallest absolute Gasteiger partial charge is 0.315 e. The number of carbonyl (C=O) groups is 1. The van der Waals surface area contributed by atoms with Crippen molar-refractivity contribution < 1.29 is 15.2 Å². The van der Waals surface area contributed by atoms with Crippen LogP contribution in [0.5, 0.6) is 0 Å². The molecule has 0 aromatic carbocycles. The van der Waals surface area contributed by atoms with Gasteiger partial charge in [0.05, 0.1) is 0 Å². The highest BCUT2D eigenvalue weighted by Crippen LogP contribution is 2.35. The van der Waals surface area contributed by atoms with E-state index >= 15 is 0 Å². The average Bonchev–Trinajstić information content (AvgIpc) is 3.15.